The van der Waals surface area contributed by atoms with Crippen LogP contribution in [0.15, 0.2) is 30.5 Å². The minimum atomic E-state index is -0.670. The van der Waals surface area contributed by atoms with Crippen molar-refractivity contribution in [2.45, 2.75) is 33.6 Å². The average molecular weight is 347 g/mol. The lowest BCUT2D eigenvalue weighted by atomic mass is 9.98. The number of aromatic nitrogens is 1. The third-order valence-electron chi connectivity index (χ3n) is 3.61. The first-order valence-corrected chi connectivity index (χ1v) is 8.27. The molecule has 0 fully saturated rings. The number of amides is 1. The van der Waals surface area contributed by atoms with Gasteiger partial charge in [-0.05, 0) is 35.6 Å². The van der Waals surface area contributed by atoms with Gasteiger partial charge in [0.1, 0.15) is 17.5 Å². The molecule has 0 aliphatic heterocycles. The van der Waals surface area contributed by atoms with E-state index in [0.29, 0.717) is 23.8 Å². The van der Waals surface area contributed by atoms with Crippen LogP contribution in [0.3, 0.4) is 0 Å². The van der Waals surface area contributed by atoms with E-state index < -0.39 is 11.6 Å². The highest BCUT2D eigenvalue weighted by atomic mass is 19.1. The highest BCUT2D eigenvalue weighted by molar-refractivity contribution is 5.95. The molecule has 0 spiro atoms. The summed E-state index contributed by atoms with van der Waals surface area (Å²) in [5, 5.41) is 5.75. The van der Waals surface area contributed by atoms with E-state index in [2.05, 4.69) is 15.6 Å². The van der Waals surface area contributed by atoms with Crippen molar-refractivity contribution in [3.63, 3.8) is 0 Å². The van der Waals surface area contributed by atoms with Crippen LogP contribution in [-0.2, 0) is 0 Å². The zero-order valence-corrected chi connectivity index (χ0v) is 14.9. The fraction of sp³-hybridized carbons (Fsp3) is 0.368. The van der Waals surface area contributed by atoms with Gasteiger partial charge in [-0.1, -0.05) is 27.7 Å². The average Bonchev–Trinajstić information content (AvgIpc) is 2.51. The summed E-state index contributed by atoms with van der Waals surface area (Å²) in [6, 6.07) is 4.91. The lowest BCUT2D eigenvalue weighted by Crippen LogP contribution is -2.28. The van der Waals surface area contributed by atoms with E-state index in [-0.39, 0.29) is 17.5 Å². The number of carbonyl (C=O) groups is 1. The van der Waals surface area contributed by atoms with E-state index in [1.807, 2.05) is 27.7 Å². The molecule has 0 aliphatic rings. The fourth-order valence-corrected chi connectivity index (χ4v) is 2.37. The number of nitrogens with one attached hydrogen (secondary N) is 2. The van der Waals surface area contributed by atoms with Crippen LogP contribution in [0.4, 0.5) is 20.3 Å². The molecule has 4 nitrogen and oxygen atoms in total. The number of hydrogen-bond acceptors (Lipinski definition) is 3. The van der Waals surface area contributed by atoms with Gasteiger partial charge in [-0.25, -0.2) is 13.8 Å². The second-order valence-corrected chi connectivity index (χ2v) is 6.70. The van der Waals surface area contributed by atoms with Crippen LogP contribution in [0, 0.1) is 17.6 Å². The summed E-state index contributed by atoms with van der Waals surface area (Å²) >= 11 is 0. The van der Waals surface area contributed by atoms with Crippen molar-refractivity contribution in [3.05, 3.63) is 53.2 Å². The fourth-order valence-electron chi connectivity index (χ4n) is 2.37. The molecule has 0 aliphatic carbocycles. The Hall–Kier alpha value is -2.50. The van der Waals surface area contributed by atoms with E-state index in [0.717, 1.165) is 11.6 Å². The SMILES string of the molecule is CC(C)CNC(=O)c1cnc(Nc2cc(F)cc(F)c2)cc1C(C)C. The van der Waals surface area contributed by atoms with E-state index in [1.54, 1.807) is 6.07 Å². The molecule has 2 N–H and O–H groups in total. The molecular formula is C19H23F2N3O. The van der Waals surface area contributed by atoms with Gasteiger partial charge in [0.05, 0.1) is 5.56 Å². The molecule has 0 unspecified atom stereocenters. The smallest absolute Gasteiger partial charge is 0.253 e. The lowest BCUT2D eigenvalue weighted by molar-refractivity contribution is 0.0947. The molecule has 0 bridgehead atoms. The number of hydrogen-bond donors (Lipinski definition) is 2. The van der Waals surface area contributed by atoms with E-state index in [1.165, 1.54) is 18.3 Å². The highest BCUT2D eigenvalue weighted by Crippen LogP contribution is 2.24. The Morgan fingerprint density at radius 2 is 1.72 bits per heavy atom. The predicted molar refractivity (Wildman–Crippen MR) is 95.1 cm³/mol. The maximum absolute atomic E-state index is 13.3. The number of carbonyl (C=O) groups excluding carboxylic acids is 1. The highest BCUT2D eigenvalue weighted by Gasteiger charge is 2.16. The van der Waals surface area contributed by atoms with E-state index in [4.69, 9.17) is 0 Å². The van der Waals surface area contributed by atoms with Crippen LogP contribution < -0.4 is 10.6 Å². The molecule has 25 heavy (non-hydrogen) atoms. The monoisotopic (exact) mass is 347 g/mol. The van der Waals surface area contributed by atoms with E-state index >= 15 is 0 Å². The molecule has 2 aromatic rings. The van der Waals surface area contributed by atoms with Crippen molar-refractivity contribution in [2.75, 3.05) is 11.9 Å². The van der Waals surface area contributed by atoms with E-state index in [9.17, 15) is 13.6 Å². The summed E-state index contributed by atoms with van der Waals surface area (Å²) in [7, 11) is 0. The first-order chi connectivity index (χ1) is 11.8. The van der Waals surface area contributed by atoms with Crippen LogP contribution in [-0.4, -0.2) is 17.4 Å². The maximum Gasteiger partial charge on any atom is 0.253 e. The number of rotatable bonds is 6. The molecular weight excluding hydrogens is 324 g/mol. The summed E-state index contributed by atoms with van der Waals surface area (Å²) in [6.45, 7) is 8.57. The maximum atomic E-state index is 13.3. The third-order valence-corrected chi connectivity index (χ3v) is 3.61. The zero-order valence-electron chi connectivity index (χ0n) is 14.9. The van der Waals surface area contributed by atoms with Gasteiger partial charge in [-0.3, -0.25) is 4.79 Å². The van der Waals surface area contributed by atoms with Gasteiger partial charge in [-0.2, -0.15) is 0 Å². The summed E-state index contributed by atoms with van der Waals surface area (Å²) in [5.41, 5.74) is 1.58. The number of halogens is 2. The molecule has 6 heteroatoms. The van der Waals surface area contributed by atoms with Gasteiger partial charge < -0.3 is 10.6 Å². The van der Waals surface area contributed by atoms with Gasteiger partial charge in [-0.15, -0.1) is 0 Å². The second-order valence-electron chi connectivity index (χ2n) is 6.70. The Morgan fingerprint density at radius 3 is 2.28 bits per heavy atom. The minimum absolute atomic E-state index is 0.0904. The number of nitrogens with zero attached hydrogens (tertiary/aromatic N) is 1. The van der Waals surface area contributed by atoms with Crippen LogP contribution >= 0.6 is 0 Å². The first kappa shape index (κ1) is 18.8. The standard InChI is InChI=1S/C19H23F2N3O/c1-11(2)9-23-19(25)17-10-22-18(8-16(17)12(3)4)24-15-6-13(20)5-14(21)7-15/h5-8,10-12H,9H2,1-4H3,(H,22,24)(H,23,25). The summed E-state index contributed by atoms with van der Waals surface area (Å²) in [5.74, 6) is -0.647. The quantitative estimate of drug-likeness (QED) is 0.802. The molecule has 0 radical (unpaired) electrons. The van der Waals surface area contributed by atoms with Crippen LogP contribution in [0.25, 0.3) is 0 Å². The molecule has 134 valence electrons. The number of pyridine rings is 1. The van der Waals surface area contributed by atoms with Crippen molar-refractivity contribution in [1.29, 1.82) is 0 Å². The second kappa shape index (κ2) is 8.05. The van der Waals surface area contributed by atoms with Crippen LogP contribution in [0.1, 0.15) is 49.5 Å². The molecule has 0 saturated heterocycles. The van der Waals surface area contributed by atoms with Crippen LogP contribution in [0.2, 0.25) is 0 Å². The summed E-state index contributed by atoms with van der Waals surface area (Å²) in [4.78, 5) is 16.6. The molecule has 0 saturated carbocycles. The summed E-state index contributed by atoms with van der Waals surface area (Å²) in [6.07, 6.45) is 1.49. The Labute approximate surface area is 146 Å². The van der Waals surface area contributed by atoms with Crippen LogP contribution in [0.5, 0.6) is 0 Å². The van der Waals surface area contributed by atoms with Crippen molar-refractivity contribution in [3.8, 4) is 0 Å². The molecule has 0 atom stereocenters. The van der Waals surface area contributed by atoms with Crippen molar-refractivity contribution in [1.82, 2.24) is 10.3 Å². The zero-order chi connectivity index (χ0) is 18.6. The Kier molecular flexibility index (Phi) is 6.07. The predicted octanol–water partition coefficient (Wildman–Crippen LogP) is 4.61. The van der Waals surface area contributed by atoms with Crippen molar-refractivity contribution >= 4 is 17.4 Å². The molecule has 1 heterocycles. The molecule has 2 rings (SSSR count). The Bertz CT molecular complexity index is 740. The lowest BCUT2D eigenvalue weighted by Gasteiger charge is -2.15. The van der Waals surface area contributed by atoms with Gasteiger partial charge in [0.25, 0.3) is 5.91 Å². The third kappa shape index (κ3) is 5.24. The van der Waals surface area contributed by atoms with Crippen molar-refractivity contribution < 1.29 is 13.6 Å². The Morgan fingerprint density at radius 1 is 1.08 bits per heavy atom. The van der Waals surface area contributed by atoms with Gasteiger partial charge in [0.15, 0.2) is 0 Å². The number of benzene rings is 1. The van der Waals surface area contributed by atoms with Crippen molar-refractivity contribution in [2.24, 2.45) is 5.92 Å². The topological polar surface area (TPSA) is 54.0 Å². The number of anilines is 2. The normalized spacial score (nSPS) is 11.0. The van der Waals surface area contributed by atoms with Gasteiger partial charge in [0.2, 0.25) is 0 Å². The largest absolute Gasteiger partial charge is 0.352 e. The Balaban J connectivity index is 2.27. The molecule has 1 aromatic carbocycles. The minimum Gasteiger partial charge on any atom is -0.352 e. The molecule has 1 aromatic heterocycles. The summed E-state index contributed by atoms with van der Waals surface area (Å²) < 4.78 is 26.6. The van der Waals surface area contributed by atoms with Gasteiger partial charge >= 0.3 is 0 Å². The van der Waals surface area contributed by atoms with Gasteiger partial charge in [0, 0.05) is 24.5 Å². The molecule has 1 amide bonds. The first-order valence-electron chi connectivity index (χ1n) is 8.27.